The fourth-order valence-electron chi connectivity index (χ4n) is 2.02. The number of urea groups is 1. The van der Waals surface area contributed by atoms with E-state index in [1.54, 1.807) is 24.3 Å². The monoisotopic (exact) mass is 314 g/mol. The maximum atomic E-state index is 11.9. The summed E-state index contributed by atoms with van der Waals surface area (Å²) in [6, 6.07) is 16.4. The van der Waals surface area contributed by atoms with E-state index in [4.69, 9.17) is 0 Å². The van der Waals surface area contributed by atoms with E-state index in [9.17, 15) is 9.59 Å². The average Bonchev–Trinajstić information content (AvgIpc) is 2.53. The predicted molar refractivity (Wildman–Crippen MR) is 89.3 cm³/mol. The number of imide groups is 1. The third-order valence-corrected chi connectivity index (χ3v) is 3.54. The second kappa shape index (κ2) is 8.24. The molecule has 2 N–H and O–H groups in total. The molecule has 114 valence electrons. The van der Waals surface area contributed by atoms with Crippen LogP contribution in [-0.2, 0) is 6.42 Å². The van der Waals surface area contributed by atoms with Crippen LogP contribution >= 0.6 is 12.6 Å². The highest BCUT2D eigenvalue weighted by Crippen LogP contribution is 2.12. The van der Waals surface area contributed by atoms with Crippen LogP contribution in [0.25, 0.3) is 0 Å². The Bertz CT molecular complexity index is 644. The lowest BCUT2D eigenvalue weighted by atomic mass is 10.1. The molecule has 0 saturated carbocycles. The molecule has 22 heavy (non-hydrogen) atoms. The Morgan fingerprint density at radius 3 is 2.36 bits per heavy atom. The summed E-state index contributed by atoms with van der Waals surface area (Å²) >= 11 is 4.19. The molecular weight excluding hydrogens is 296 g/mol. The molecule has 0 aliphatic rings. The van der Waals surface area contributed by atoms with E-state index in [1.165, 1.54) is 5.56 Å². The molecule has 0 unspecified atom stereocenters. The number of aryl methyl sites for hydroxylation is 1. The molecule has 4 nitrogen and oxygen atoms in total. The third-order valence-electron chi connectivity index (χ3n) is 3.15. The normalized spacial score (nSPS) is 10.0. The van der Waals surface area contributed by atoms with Gasteiger partial charge in [-0.1, -0.05) is 42.5 Å². The molecule has 0 radical (unpaired) electrons. The highest BCUT2D eigenvalue weighted by atomic mass is 32.1. The fourth-order valence-corrected chi connectivity index (χ4v) is 2.28. The first-order chi connectivity index (χ1) is 10.7. The Hall–Kier alpha value is -2.27. The molecule has 0 atom stereocenters. The highest BCUT2D eigenvalue weighted by Gasteiger charge is 2.11. The number of benzene rings is 2. The number of carbonyl (C=O) groups excluding carboxylic acids is 2. The number of rotatable bonds is 5. The summed E-state index contributed by atoms with van der Waals surface area (Å²) in [5, 5.41) is 4.98. The molecule has 2 aromatic rings. The van der Waals surface area contributed by atoms with Crippen LogP contribution in [-0.4, -0.2) is 18.5 Å². The van der Waals surface area contributed by atoms with Crippen LogP contribution in [0.2, 0.25) is 0 Å². The number of hydrogen-bond donors (Lipinski definition) is 3. The maximum absolute atomic E-state index is 11.9. The standard InChI is InChI=1S/C17H18N2O2S/c20-16(14-10-4-5-11-15(14)22)19-17(21)18-12-6-9-13-7-2-1-3-8-13/h1-5,7-8,10-11,22H,6,9,12H2,(H2,18,19,20,21). The minimum Gasteiger partial charge on any atom is -0.338 e. The van der Waals surface area contributed by atoms with E-state index in [-0.39, 0.29) is 0 Å². The van der Waals surface area contributed by atoms with Gasteiger partial charge in [0.05, 0.1) is 5.56 Å². The molecule has 0 aliphatic heterocycles. The first-order valence-electron chi connectivity index (χ1n) is 7.08. The van der Waals surface area contributed by atoms with Crippen molar-refractivity contribution in [2.75, 3.05) is 6.54 Å². The molecule has 2 aromatic carbocycles. The van der Waals surface area contributed by atoms with Gasteiger partial charge in [-0.25, -0.2) is 4.79 Å². The van der Waals surface area contributed by atoms with Gasteiger partial charge in [0.15, 0.2) is 0 Å². The molecule has 0 bridgehead atoms. The molecule has 0 spiro atoms. The van der Waals surface area contributed by atoms with Gasteiger partial charge in [-0.15, -0.1) is 12.6 Å². The van der Waals surface area contributed by atoms with Crippen molar-refractivity contribution in [1.82, 2.24) is 10.6 Å². The van der Waals surface area contributed by atoms with Crippen molar-refractivity contribution in [1.29, 1.82) is 0 Å². The van der Waals surface area contributed by atoms with Crippen LogP contribution in [0.5, 0.6) is 0 Å². The largest absolute Gasteiger partial charge is 0.338 e. The summed E-state index contributed by atoms with van der Waals surface area (Å²) in [4.78, 5) is 24.1. The van der Waals surface area contributed by atoms with Crippen molar-refractivity contribution in [2.24, 2.45) is 0 Å². The lowest BCUT2D eigenvalue weighted by Gasteiger charge is -2.08. The first kappa shape index (κ1) is 16.1. The number of amides is 3. The van der Waals surface area contributed by atoms with Crippen molar-refractivity contribution in [3.05, 3.63) is 65.7 Å². The van der Waals surface area contributed by atoms with Crippen LogP contribution < -0.4 is 10.6 Å². The number of thiol groups is 1. The molecule has 5 heteroatoms. The smallest absolute Gasteiger partial charge is 0.321 e. The molecule has 2 rings (SSSR count). The summed E-state index contributed by atoms with van der Waals surface area (Å²) in [5.74, 6) is -0.453. The number of hydrogen-bond acceptors (Lipinski definition) is 3. The van der Waals surface area contributed by atoms with Crippen LogP contribution in [0.15, 0.2) is 59.5 Å². The summed E-state index contributed by atoms with van der Waals surface area (Å²) in [6.45, 7) is 0.510. The molecule has 0 aliphatic carbocycles. The van der Waals surface area contributed by atoms with Gasteiger partial charge in [0.25, 0.3) is 5.91 Å². The van der Waals surface area contributed by atoms with Gasteiger partial charge in [0.1, 0.15) is 0 Å². The maximum Gasteiger partial charge on any atom is 0.321 e. The van der Waals surface area contributed by atoms with Crippen molar-refractivity contribution in [3.63, 3.8) is 0 Å². The third kappa shape index (κ3) is 4.93. The summed E-state index contributed by atoms with van der Waals surface area (Å²) in [6.07, 6.45) is 1.70. The topological polar surface area (TPSA) is 58.2 Å². The molecular formula is C17H18N2O2S. The predicted octanol–water partition coefficient (Wildman–Crippen LogP) is 3.05. The molecule has 0 aromatic heterocycles. The van der Waals surface area contributed by atoms with Crippen LogP contribution in [0.1, 0.15) is 22.3 Å². The number of carbonyl (C=O) groups is 2. The second-order valence-corrected chi connectivity index (χ2v) is 5.30. The second-order valence-electron chi connectivity index (χ2n) is 4.82. The Labute approximate surface area is 135 Å². The van der Waals surface area contributed by atoms with Crippen LogP contribution in [0.4, 0.5) is 4.79 Å². The van der Waals surface area contributed by atoms with Crippen molar-refractivity contribution in [3.8, 4) is 0 Å². The zero-order chi connectivity index (χ0) is 15.8. The summed E-state index contributed by atoms with van der Waals surface area (Å²) < 4.78 is 0. The Balaban J connectivity index is 1.72. The van der Waals surface area contributed by atoms with Gasteiger partial charge in [-0.05, 0) is 30.5 Å². The molecule has 0 heterocycles. The lowest BCUT2D eigenvalue weighted by molar-refractivity contribution is 0.0961. The molecule has 3 amide bonds. The number of nitrogens with one attached hydrogen (secondary N) is 2. The Morgan fingerprint density at radius 1 is 0.955 bits per heavy atom. The van der Waals surface area contributed by atoms with E-state index in [0.29, 0.717) is 17.0 Å². The van der Waals surface area contributed by atoms with Crippen molar-refractivity contribution in [2.45, 2.75) is 17.7 Å². The van der Waals surface area contributed by atoms with E-state index in [0.717, 1.165) is 12.8 Å². The zero-order valence-electron chi connectivity index (χ0n) is 12.1. The Kier molecular flexibility index (Phi) is 6.03. The highest BCUT2D eigenvalue weighted by molar-refractivity contribution is 7.80. The zero-order valence-corrected chi connectivity index (χ0v) is 13.0. The Morgan fingerprint density at radius 2 is 1.64 bits per heavy atom. The lowest BCUT2D eigenvalue weighted by Crippen LogP contribution is -2.40. The fraction of sp³-hybridized carbons (Fsp3) is 0.176. The van der Waals surface area contributed by atoms with E-state index < -0.39 is 11.9 Å². The molecule has 0 fully saturated rings. The summed E-state index contributed by atoms with van der Waals surface area (Å²) in [7, 11) is 0. The van der Waals surface area contributed by atoms with Gasteiger partial charge in [0.2, 0.25) is 0 Å². The van der Waals surface area contributed by atoms with E-state index in [1.807, 2.05) is 30.3 Å². The van der Waals surface area contributed by atoms with Crippen molar-refractivity contribution >= 4 is 24.6 Å². The average molecular weight is 314 g/mol. The van der Waals surface area contributed by atoms with Crippen LogP contribution in [0.3, 0.4) is 0 Å². The quantitative estimate of drug-likeness (QED) is 0.587. The van der Waals surface area contributed by atoms with E-state index >= 15 is 0 Å². The minimum atomic E-state index is -0.491. The minimum absolute atomic E-state index is 0.380. The van der Waals surface area contributed by atoms with Crippen LogP contribution in [0, 0.1) is 0 Å². The molecule has 0 saturated heterocycles. The van der Waals surface area contributed by atoms with Gasteiger partial charge >= 0.3 is 6.03 Å². The van der Waals surface area contributed by atoms with Gasteiger partial charge in [-0.2, -0.15) is 0 Å². The van der Waals surface area contributed by atoms with Crippen molar-refractivity contribution < 1.29 is 9.59 Å². The van der Waals surface area contributed by atoms with Gasteiger partial charge in [-0.3, -0.25) is 10.1 Å². The van der Waals surface area contributed by atoms with Gasteiger partial charge < -0.3 is 5.32 Å². The SMILES string of the molecule is O=C(NCCCc1ccccc1)NC(=O)c1ccccc1S. The summed E-state index contributed by atoms with van der Waals surface area (Å²) in [5.41, 5.74) is 1.61. The van der Waals surface area contributed by atoms with E-state index in [2.05, 4.69) is 23.3 Å². The van der Waals surface area contributed by atoms with Gasteiger partial charge in [0, 0.05) is 11.4 Å². The first-order valence-corrected chi connectivity index (χ1v) is 7.52.